The van der Waals surface area contributed by atoms with Crippen molar-refractivity contribution in [2.75, 3.05) is 0 Å². The van der Waals surface area contributed by atoms with Gasteiger partial charge in [0, 0.05) is 75.2 Å². The van der Waals surface area contributed by atoms with Crippen molar-refractivity contribution in [2.24, 2.45) is 0 Å². The van der Waals surface area contributed by atoms with Crippen molar-refractivity contribution in [3.63, 3.8) is 0 Å². The van der Waals surface area contributed by atoms with Crippen molar-refractivity contribution in [3.8, 4) is 0 Å². The van der Waals surface area contributed by atoms with Crippen LogP contribution in [0.1, 0.15) is 81.0 Å². The number of hydrogen-bond donors (Lipinski definition) is 4. The molecule has 187 valence electrons. The number of carboxylic acids is 2. The maximum absolute atomic E-state index is 11.7. The Morgan fingerprint density at radius 2 is 1.06 bits per heavy atom. The van der Waals surface area contributed by atoms with Crippen LogP contribution < -0.4 is 0 Å². The number of benzene rings is 2. The van der Waals surface area contributed by atoms with Gasteiger partial charge in [0.15, 0.2) is 11.6 Å². The fourth-order valence-electron chi connectivity index (χ4n) is 3.68. The minimum Gasteiger partial charge on any atom is -0.478 e. The summed E-state index contributed by atoms with van der Waals surface area (Å²) in [4.78, 5) is 51.2. The molecule has 0 amide bonds. The molecule has 1 radical (unpaired) electrons. The van der Waals surface area contributed by atoms with E-state index in [-0.39, 0.29) is 39.8 Å². The molecular formula is C26H26CuN2O6. The van der Waals surface area contributed by atoms with Crippen LogP contribution in [0.5, 0.6) is 0 Å². The van der Waals surface area contributed by atoms with Crippen LogP contribution in [0, 0.1) is 0 Å². The first-order valence-electron chi connectivity index (χ1n) is 11.0. The summed E-state index contributed by atoms with van der Waals surface area (Å²) in [6.45, 7) is 3.88. The molecule has 4 rings (SSSR count). The third kappa shape index (κ3) is 6.26. The van der Waals surface area contributed by atoms with E-state index in [1.54, 1.807) is 36.4 Å². The number of hydrogen-bond acceptors (Lipinski definition) is 4. The van der Waals surface area contributed by atoms with E-state index < -0.39 is 11.9 Å². The summed E-state index contributed by atoms with van der Waals surface area (Å²) < 4.78 is 0. The van der Waals surface area contributed by atoms with Crippen LogP contribution in [-0.2, 0) is 17.1 Å². The number of carboxylic acid groups (broad SMARTS) is 2. The van der Waals surface area contributed by atoms with E-state index in [1.807, 2.05) is 13.8 Å². The largest absolute Gasteiger partial charge is 0.478 e. The second-order valence-corrected chi connectivity index (χ2v) is 7.88. The smallest absolute Gasteiger partial charge is 0.337 e. The monoisotopic (exact) mass is 525 g/mol. The number of H-pyrrole nitrogens is 2. The zero-order valence-electron chi connectivity index (χ0n) is 19.3. The predicted octanol–water partition coefficient (Wildman–Crippen LogP) is 5.70. The Balaban J connectivity index is 0.000000240. The van der Waals surface area contributed by atoms with Crippen molar-refractivity contribution >= 4 is 45.3 Å². The normalized spacial score (nSPS) is 10.3. The van der Waals surface area contributed by atoms with Gasteiger partial charge < -0.3 is 20.2 Å². The van der Waals surface area contributed by atoms with Gasteiger partial charge in [0.1, 0.15) is 0 Å². The Bertz CT molecular complexity index is 1280. The summed E-state index contributed by atoms with van der Waals surface area (Å²) in [6.07, 6.45) is 5.43. The average molecular weight is 526 g/mol. The number of aromatic amines is 2. The molecule has 0 aliphatic carbocycles. The van der Waals surface area contributed by atoms with E-state index in [1.165, 1.54) is 12.4 Å². The van der Waals surface area contributed by atoms with E-state index >= 15 is 0 Å². The van der Waals surface area contributed by atoms with E-state index in [0.717, 1.165) is 23.9 Å². The molecule has 0 saturated heterocycles. The molecule has 2 aromatic heterocycles. The molecule has 4 aromatic rings. The van der Waals surface area contributed by atoms with Crippen LogP contribution in [0.15, 0.2) is 48.8 Å². The molecule has 9 heteroatoms. The minimum absolute atomic E-state index is 0. The predicted molar refractivity (Wildman–Crippen MR) is 129 cm³/mol. The van der Waals surface area contributed by atoms with Crippen molar-refractivity contribution in [1.29, 1.82) is 0 Å². The van der Waals surface area contributed by atoms with Crippen molar-refractivity contribution in [2.45, 2.75) is 39.5 Å². The van der Waals surface area contributed by atoms with Gasteiger partial charge in [-0.25, -0.2) is 9.59 Å². The Morgan fingerprint density at radius 1 is 0.686 bits per heavy atom. The molecular weight excluding hydrogens is 500 g/mol. The molecule has 0 spiro atoms. The zero-order valence-corrected chi connectivity index (χ0v) is 20.2. The summed E-state index contributed by atoms with van der Waals surface area (Å²) in [5, 5.41) is 19.2. The van der Waals surface area contributed by atoms with Gasteiger partial charge in [-0.15, -0.1) is 0 Å². The number of Topliss-reactive ketones (excluding diaryl/α,β-unsaturated/α-hetero) is 2. The fourth-order valence-corrected chi connectivity index (χ4v) is 3.68. The van der Waals surface area contributed by atoms with Crippen LogP contribution in [0.4, 0.5) is 0 Å². The first kappa shape index (κ1) is 27.6. The average Bonchev–Trinajstić information content (AvgIpc) is 3.43. The van der Waals surface area contributed by atoms with E-state index in [4.69, 9.17) is 10.2 Å². The zero-order chi connectivity index (χ0) is 24.8. The number of nitrogens with one attached hydrogen (secondary N) is 2. The summed E-state index contributed by atoms with van der Waals surface area (Å²) in [5.41, 5.74) is 3.01. The molecule has 2 heterocycles. The Morgan fingerprint density at radius 3 is 1.37 bits per heavy atom. The van der Waals surface area contributed by atoms with E-state index in [0.29, 0.717) is 34.7 Å². The molecule has 4 N–H and O–H groups in total. The SMILES string of the molecule is CCCC(=O)c1ccc2[nH]cc(C(=O)O)c2c1.CCCC(=O)c1ccc2[nH]cc(C(=O)O)c2c1.[Cu]. The minimum atomic E-state index is -0.989. The van der Waals surface area contributed by atoms with Gasteiger partial charge in [-0.3, -0.25) is 9.59 Å². The summed E-state index contributed by atoms with van der Waals surface area (Å²) in [6, 6.07) is 10.2. The van der Waals surface area contributed by atoms with Crippen molar-refractivity contribution < 1.29 is 46.5 Å². The third-order valence-electron chi connectivity index (χ3n) is 5.42. The molecule has 0 bridgehead atoms. The molecule has 0 aliphatic rings. The number of carbonyl (C=O) groups is 4. The van der Waals surface area contributed by atoms with Crippen molar-refractivity contribution in [3.05, 3.63) is 71.0 Å². The number of ketones is 2. The van der Waals surface area contributed by atoms with E-state index in [2.05, 4.69) is 9.97 Å². The van der Waals surface area contributed by atoms with Crippen LogP contribution in [0.3, 0.4) is 0 Å². The molecule has 0 aliphatic heterocycles. The molecule has 35 heavy (non-hydrogen) atoms. The molecule has 0 saturated carbocycles. The van der Waals surface area contributed by atoms with Crippen LogP contribution >= 0.6 is 0 Å². The number of carbonyl (C=O) groups excluding carboxylic acids is 2. The van der Waals surface area contributed by atoms with Crippen LogP contribution in [0.2, 0.25) is 0 Å². The topological polar surface area (TPSA) is 140 Å². The molecule has 0 atom stereocenters. The van der Waals surface area contributed by atoms with Crippen molar-refractivity contribution in [1.82, 2.24) is 9.97 Å². The standard InChI is InChI=1S/2C13H13NO3.Cu/c2*1-2-3-12(15)8-4-5-11-9(6-8)10(7-14-11)13(16)17;/h2*4-7,14H,2-3H2,1H3,(H,16,17);. The van der Waals surface area contributed by atoms with Gasteiger partial charge in [-0.2, -0.15) is 0 Å². The Hall–Kier alpha value is -3.68. The molecule has 2 aromatic carbocycles. The van der Waals surface area contributed by atoms with E-state index in [9.17, 15) is 19.2 Å². The molecule has 0 unspecified atom stereocenters. The van der Waals surface area contributed by atoms with Gasteiger partial charge in [0.05, 0.1) is 11.1 Å². The van der Waals surface area contributed by atoms with Gasteiger partial charge in [-0.05, 0) is 49.2 Å². The maximum atomic E-state index is 11.7. The summed E-state index contributed by atoms with van der Waals surface area (Å²) >= 11 is 0. The first-order valence-corrected chi connectivity index (χ1v) is 11.0. The van der Waals surface area contributed by atoms with Crippen LogP contribution in [-0.4, -0.2) is 43.7 Å². The summed E-state index contributed by atoms with van der Waals surface area (Å²) in [7, 11) is 0. The van der Waals surface area contributed by atoms with Gasteiger partial charge in [0.2, 0.25) is 0 Å². The second-order valence-electron chi connectivity index (χ2n) is 7.88. The van der Waals surface area contributed by atoms with Gasteiger partial charge in [0.25, 0.3) is 0 Å². The Labute approximate surface area is 212 Å². The van der Waals surface area contributed by atoms with Gasteiger partial charge in [-0.1, -0.05) is 13.8 Å². The Kier molecular flexibility index (Phi) is 9.57. The third-order valence-corrected chi connectivity index (χ3v) is 5.42. The number of aromatic carboxylic acids is 2. The number of rotatable bonds is 8. The molecule has 0 fully saturated rings. The van der Waals surface area contributed by atoms with Gasteiger partial charge >= 0.3 is 11.9 Å². The first-order chi connectivity index (χ1) is 16.3. The molecule has 8 nitrogen and oxygen atoms in total. The maximum Gasteiger partial charge on any atom is 0.337 e. The number of fused-ring (bicyclic) bond motifs is 2. The van der Waals surface area contributed by atoms with Crippen LogP contribution in [0.25, 0.3) is 21.8 Å². The quantitative estimate of drug-likeness (QED) is 0.172. The summed E-state index contributed by atoms with van der Waals surface area (Å²) in [5.74, 6) is -1.88. The number of aromatic nitrogens is 2. The second kappa shape index (κ2) is 12.1. The fraction of sp³-hybridized carbons (Fsp3) is 0.231.